The molecule has 0 saturated carbocycles. The van der Waals surface area contributed by atoms with E-state index in [-0.39, 0.29) is 17.7 Å². The highest BCUT2D eigenvalue weighted by atomic mass is 32.2. The van der Waals surface area contributed by atoms with Gasteiger partial charge in [-0.2, -0.15) is 0 Å². The van der Waals surface area contributed by atoms with Gasteiger partial charge in [0.15, 0.2) is 0 Å². The molecule has 0 bridgehead atoms. The summed E-state index contributed by atoms with van der Waals surface area (Å²) in [5.41, 5.74) is 0.300. The number of carbonyl (C=O) groups is 1. The van der Waals surface area contributed by atoms with Gasteiger partial charge in [0.05, 0.1) is 15.9 Å². The molecule has 134 valence electrons. The lowest BCUT2D eigenvalue weighted by atomic mass is 9.88. The molecule has 2 atom stereocenters. The smallest absolute Gasteiger partial charge is 0.295 e. The van der Waals surface area contributed by atoms with Crippen LogP contribution < -0.4 is 4.90 Å². The first-order valence-corrected chi connectivity index (χ1v) is 9.33. The maximum atomic E-state index is 13.2. The number of anilines is 1. The van der Waals surface area contributed by atoms with Gasteiger partial charge in [0.25, 0.3) is 0 Å². The fourth-order valence-corrected chi connectivity index (χ4v) is 4.53. The molecule has 0 N–H and O–H groups in total. The topological polar surface area (TPSA) is 63.4 Å². The number of para-hydroxylation sites is 1. The summed E-state index contributed by atoms with van der Waals surface area (Å²) in [7, 11) is 0. The molecule has 4 rings (SSSR count). The van der Waals surface area contributed by atoms with Crippen molar-refractivity contribution in [2.45, 2.75) is 10.9 Å². The molecule has 0 saturated heterocycles. The van der Waals surface area contributed by atoms with E-state index in [2.05, 4.69) is 0 Å². The highest BCUT2D eigenvalue weighted by Crippen LogP contribution is 2.44. The van der Waals surface area contributed by atoms with E-state index in [0.717, 1.165) is 4.90 Å². The van der Waals surface area contributed by atoms with Crippen LogP contribution in [0.1, 0.15) is 0 Å². The third kappa shape index (κ3) is 3.19. The number of fused-ring (bicyclic) bond motifs is 1. The van der Waals surface area contributed by atoms with Crippen molar-refractivity contribution in [2.75, 3.05) is 4.90 Å². The van der Waals surface area contributed by atoms with Crippen LogP contribution in [-0.2, 0) is 4.79 Å². The zero-order valence-electron chi connectivity index (χ0n) is 14.3. The molecular formula is C21H16N2O3S. The van der Waals surface area contributed by atoms with Gasteiger partial charge in [-0.1, -0.05) is 72.5 Å². The number of nitrogens with zero attached hydrogens (tertiary/aromatic N) is 2. The number of carbonyl (C=O) groups excluding carboxylic acids is 1. The van der Waals surface area contributed by atoms with Gasteiger partial charge in [0.2, 0.25) is 0 Å². The monoisotopic (exact) mass is 376 g/mol. The summed E-state index contributed by atoms with van der Waals surface area (Å²) < 4.78 is 0. The van der Waals surface area contributed by atoms with Gasteiger partial charge in [0.1, 0.15) is 0 Å². The number of hydrogen-bond acceptors (Lipinski definition) is 4. The Hall–Kier alpha value is -3.12. The SMILES string of the molecule is O=C1C([N+](=O)[O-])=C(Sc2ccccc2)C2C=CC=CC2N1c1ccccc1. The number of rotatable bonds is 4. The van der Waals surface area contributed by atoms with Crippen LogP contribution >= 0.6 is 11.8 Å². The average molecular weight is 376 g/mol. The standard InChI is InChI=1S/C21H16N2O3S/c24-21-19(23(25)26)20(27-16-11-5-2-6-12-16)17-13-7-8-14-18(17)22(21)15-9-3-1-4-10-15/h1-14,17-18H. The van der Waals surface area contributed by atoms with Gasteiger partial charge in [-0.25, -0.2) is 0 Å². The maximum absolute atomic E-state index is 13.2. The molecule has 2 aromatic carbocycles. The second-order valence-corrected chi connectivity index (χ2v) is 7.30. The number of allylic oxidation sites excluding steroid dienone is 2. The average Bonchev–Trinajstić information content (AvgIpc) is 2.69. The fourth-order valence-electron chi connectivity index (χ4n) is 3.38. The van der Waals surface area contributed by atoms with E-state index < -0.39 is 10.8 Å². The molecule has 2 aromatic rings. The summed E-state index contributed by atoms with van der Waals surface area (Å²) in [6, 6.07) is 18.2. The summed E-state index contributed by atoms with van der Waals surface area (Å²) in [4.78, 5) is 27.4. The Morgan fingerprint density at radius 1 is 0.926 bits per heavy atom. The van der Waals surface area contributed by atoms with Gasteiger partial charge >= 0.3 is 11.6 Å². The van der Waals surface area contributed by atoms with Gasteiger partial charge in [-0.15, -0.1) is 0 Å². The van der Waals surface area contributed by atoms with Crippen molar-refractivity contribution in [3.63, 3.8) is 0 Å². The van der Waals surface area contributed by atoms with Crippen LogP contribution in [-0.4, -0.2) is 16.9 Å². The largest absolute Gasteiger partial charge is 0.344 e. The molecule has 1 aliphatic heterocycles. The van der Waals surface area contributed by atoms with Crippen molar-refractivity contribution >= 4 is 23.4 Å². The van der Waals surface area contributed by atoms with Crippen LogP contribution in [0.5, 0.6) is 0 Å². The number of amides is 1. The van der Waals surface area contributed by atoms with Crippen molar-refractivity contribution < 1.29 is 9.72 Å². The van der Waals surface area contributed by atoms with Crippen molar-refractivity contribution in [3.05, 3.63) is 106 Å². The Labute approximate surface area is 160 Å². The van der Waals surface area contributed by atoms with Crippen molar-refractivity contribution in [2.24, 2.45) is 5.92 Å². The molecule has 0 radical (unpaired) electrons. The summed E-state index contributed by atoms with van der Waals surface area (Å²) in [6.45, 7) is 0. The Morgan fingerprint density at radius 2 is 1.56 bits per heavy atom. The Morgan fingerprint density at radius 3 is 2.22 bits per heavy atom. The molecule has 2 aliphatic rings. The quantitative estimate of drug-likeness (QED) is 0.585. The highest BCUT2D eigenvalue weighted by Gasteiger charge is 2.47. The molecule has 1 amide bonds. The first-order valence-electron chi connectivity index (χ1n) is 8.52. The minimum atomic E-state index is -0.578. The molecule has 6 heteroatoms. The molecule has 1 aliphatic carbocycles. The van der Waals surface area contributed by atoms with Crippen LogP contribution in [0.15, 0.2) is 100 Å². The van der Waals surface area contributed by atoms with E-state index in [9.17, 15) is 14.9 Å². The minimum absolute atomic E-state index is 0.265. The molecule has 5 nitrogen and oxygen atoms in total. The lowest BCUT2D eigenvalue weighted by Gasteiger charge is -2.38. The van der Waals surface area contributed by atoms with E-state index in [4.69, 9.17) is 0 Å². The van der Waals surface area contributed by atoms with Crippen molar-refractivity contribution in [1.29, 1.82) is 0 Å². The number of nitro groups is 1. The van der Waals surface area contributed by atoms with E-state index >= 15 is 0 Å². The summed E-state index contributed by atoms with van der Waals surface area (Å²) >= 11 is 1.29. The fraction of sp³-hybridized carbons (Fsp3) is 0.0952. The first-order chi connectivity index (χ1) is 13.2. The van der Waals surface area contributed by atoms with Crippen LogP contribution in [0.4, 0.5) is 5.69 Å². The summed E-state index contributed by atoms with van der Waals surface area (Å²) in [5.74, 6) is -0.843. The Kier molecular flexibility index (Phi) is 4.64. The lowest BCUT2D eigenvalue weighted by molar-refractivity contribution is -0.420. The zero-order valence-corrected chi connectivity index (χ0v) is 15.1. The number of thioether (sulfide) groups is 1. The third-order valence-corrected chi connectivity index (χ3v) is 5.74. The molecule has 1 heterocycles. The number of hydrogen-bond donors (Lipinski definition) is 0. The predicted molar refractivity (Wildman–Crippen MR) is 106 cm³/mol. The second-order valence-electron chi connectivity index (χ2n) is 6.18. The van der Waals surface area contributed by atoms with Gasteiger partial charge in [0, 0.05) is 16.5 Å². The molecule has 0 spiro atoms. The zero-order chi connectivity index (χ0) is 18.8. The van der Waals surface area contributed by atoms with Gasteiger partial charge in [-0.3, -0.25) is 19.8 Å². The first kappa shape index (κ1) is 17.3. The molecule has 0 fully saturated rings. The second kappa shape index (κ2) is 7.25. The molecular weight excluding hydrogens is 360 g/mol. The van der Waals surface area contributed by atoms with Crippen molar-refractivity contribution in [1.82, 2.24) is 0 Å². The van der Waals surface area contributed by atoms with Crippen LogP contribution in [0.2, 0.25) is 0 Å². The maximum Gasteiger partial charge on any atom is 0.344 e. The van der Waals surface area contributed by atoms with E-state index in [1.807, 2.05) is 72.8 Å². The Bertz CT molecular complexity index is 967. The molecule has 0 aromatic heterocycles. The molecule has 27 heavy (non-hydrogen) atoms. The van der Waals surface area contributed by atoms with Crippen molar-refractivity contribution in [3.8, 4) is 0 Å². The van der Waals surface area contributed by atoms with Gasteiger partial charge in [-0.05, 0) is 24.3 Å². The number of benzene rings is 2. The van der Waals surface area contributed by atoms with Crippen LogP contribution in [0.3, 0.4) is 0 Å². The van der Waals surface area contributed by atoms with Crippen LogP contribution in [0.25, 0.3) is 0 Å². The lowest BCUT2D eigenvalue weighted by Crippen LogP contribution is -2.50. The Balaban J connectivity index is 1.86. The highest BCUT2D eigenvalue weighted by molar-refractivity contribution is 8.03. The normalized spacial score (nSPS) is 21.3. The summed E-state index contributed by atoms with van der Waals surface area (Å²) in [5, 5.41) is 11.9. The van der Waals surface area contributed by atoms with E-state index in [0.29, 0.717) is 10.6 Å². The van der Waals surface area contributed by atoms with Gasteiger partial charge < -0.3 is 0 Å². The summed E-state index contributed by atoms with van der Waals surface area (Å²) in [6.07, 6.45) is 7.62. The van der Waals surface area contributed by atoms with E-state index in [1.165, 1.54) is 16.7 Å². The van der Waals surface area contributed by atoms with E-state index in [1.54, 1.807) is 12.1 Å². The van der Waals surface area contributed by atoms with Crippen LogP contribution in [0, 0.1) is 16.0 Å². The minimum Gasteiger partial charge on any atom is -0.295 e. The third-order valence-electron chi connectivity index (χ3n) is 4.55. The predicted octanol–water partition coefficient (Wildman–Crippen LogP) is 4.42. The molecule has 2 unspecified atom stereocenters.